The van der Waals surface area contributed by atoms with Crippen LogP contribution in [0.2, 0.25) is 0 Å². The molecule has 0 spiro atoms. The van der Waals surface area contributed by atoms with Crippen LogP contribution in [0.1, 0.15) is 39.2 Å². The number of benzene rings is 1. The second-order valence-electron chi connectivity index (χ2n) is 6.79. The van der Waals surface area contributed by atoms with Crippen molar-refractivity contribution < 1.29 is 14.3 Å². The number of carbonyl (C=O) groups is 2. The van der Waals surface area contributed by atoms with Crippen molar-refractivity contribution in [3.63, 3.8) is 0 Å². The monoisotopic (exact) mass is 393 g/mol. The van der Waals surface area contributed by atoms with E-state index in [2.05, 4.69) is 5.32 Å². The van der Waals surface area contributed by atoms with Crippen LogP contribution in [0.15, 0.2) is 35.7 Å². The number of methoxy groups -OCH3 is 1. The third-order valence-electron chi connectivity index (χ3n) is 5.14. The van der Waals surface area contributed by atoms with Gasteiger partial charge in [-0.3, -0.25) is 9.69 Å². The fraction of sp³-hybridized carbons (Fsp3) is 0.286. The van der Waals surface area contributed by atoms with Gasteiger partial charge in [0.2, 0.25) is 0 Å². The predicted octanol–water partition coefficient (Wildman–Crippen LogP) is 3.92. The van der Waals surface area contributed by atoms with Crippen molar-refractivity contribution in [2.24, 2.45) is 0 Å². The molecule has 1 aromatic carbocycles. The first kappa shape index (κ1) is 18.3. The highest BCUT2D eigenvalue weighted by molar-refractivity contribution is 7.16. The average molecular weight is 393 g/mol. The van der Waals surface area contributed by atoms with Gasteiger partial charge in [-0.2, -0.15) is 5.26 Å². The Kier molecular flexibility index (Phi) is 4.65. The number of rotatable bonds is 2. The molecule has 6 nitrogen and oxygen atoms in total. The summed E-state index contributed by atoms with van der Waals surface area (Å²) < 4.78 is 4.78. The average Bonchev–Trinajstić information content (AvgIpc) is 3.08. The number of esters is 1. The Hall–Kier alpha value is -3.11. The molecule has 0 atom stereocenters. The number of anilines is 2. The number of fused-ring (bicyclic) bond motifs is 3. The molecule has 4 rings (SSSR count). The lowest BCUT2D eigenvalue weighted by atomic mass is 9.94. The van der Waals surface area contributed by atoms with Gasteiger partial charge in [0, 0.05) is 4.88 Å². The summed E-state index contributed by atoms with van der Waals surface area (Å²) in [6.45, 7) is 1.89. The van der Waals surface area contributed by atoms with Crippen molar-refractivity contribution in [2.45, 2.75) is 32.6 Å². The van der Waals surface area contributed by atoms with E-state index in [1.807, 2.05) is 37.3 Å². The summed E-state index contributed by atoms with van der Waals surface area (Å²) in [4.78, 5) is 28.5. The van der Waals surface area contributed by atoms with Crippen LogP contribution < -0.4 is 10.2 Å². The summed E-state index contributed by atoms with van der Waals surface area (Å²) in [5.74, 6) is -0.838. The minimum absolute atomic E-state index is 0.153. The van der Waals surface area contributed by atoms with Gasteiger partial charge in [0.25, 0.3) is 5.91 Å². The number of para-hydroxylation sites is 1. The van der Waals surface area contributed by atoms with Crippen molar-refractivity contribution in [1.82, 2.24) is 0 Å². The molecule has 1 N–H and O–H groups in total. The molecule has 2 heterocycles. The first-order chi connectivity index (χ1) is 13.6. The van der Waals surface area contributed by atoms with E-state index >= 15 is 0 Å². The molecule has 0 radical (unpaired) electrons. The predicted molar refractivity (Wildman–Crippen MR) is 107 cm³/mol. The van der Waals surface area contributed by atoms with Crippen LogP contribution in [0.4, 0.5) is 10.7 Å². The smallest absolute Gasteiger partial charge is 0.352 e. The van der Waals surface area contributed by atoms with Crippen LogP contribution in [-0.4, -0.2) is 19.0 Å². The normalized spacial score (nSPS) is 17.2. The Balaban J connectivity index is 1.97. The van der Waals surface area contributed by atoms with Crippen LogP contribution in [0.5, 0.6) is 0 Å². The van der Waals surface area contributed by atoms with Gasteiger partial charge in [-0.1, -0.05) is 18.2 Å². The number of hydrogen-bond acceptors (Lipinski definition) is 6. The summed E-state index contributed by atoms with van der Waals surface area (Å²) in [5.41, 5.74) is 3.03. The number of aryl methyl sites for hydroxylation is 2. The largest absolute Gasteiger partial charge is 0.465 e. The molecule has 0 bridgehead atoms. The summed E-state index contributed by atoms with van der Waals surface area (Å²) >= 11 is 1.54. The summed E-state index contributed by atoms with van der Waals surface area (Å²) in [7, 11) is 1.22. The van der Waals surface area contributed by atoms with Gasteiger partial charge in [-0.25, -0.2) is 4.79 Å². The number of nitrogens with zero attached hydrogens (tertiary/aromatic N) is 2. The van der Waals surface area contributed by atoms with E-state index in [9.17, 15) is 14.9 Å². The van der Waals surface area contributed by atoms with Crippen molar-refractivity contribution in [1.29, 1.82) is 5.26 Å². The Morgan fingerprint density at radius 2 is 2.04 bits per heavy atom. The van der Waals surface area contributed by atoms with E-state index in [0.717, 1.165) is 36.8 Å². The quantitative estimate of drug-likeness (QED) is 0.475. The number of ether oxygens (including phenoxy) is 1. The van der Waals surface area contributed by atoms with Gasteiger partial charge < -0.3 is 10.1 Å². The number of thiophene rings is 1. The molecule has 1 aliphatic carbocycles. The van der Waals surface area contributed by atoms with E-state index in [4.69, 9.17) is 4.74 Å². The molecule has 0 saturated heterocycles. The van der Waals surface area contributed by atoms with E-state index in [0.29, 0.717) is 16.3 Å². The minimum atomic E-state index is -0.777. The molecule has 0 unspecified atom stereocenters. The molecule has 2 aliphatic rings. The van der Waals surface area contributed by atoms with Gasteiger partial charge in [0.15, 0.2) is 5.57 Å². The second-order valence-corrected chi connectivity index (χ2v) is 7.90. The summed E-state index contributed by atoms with van der Waals surface area (Å²) in [6, 6.07) is 9.32. The van der Waals surface area contributed by atoms with Gasteiger partial charge in [0.1, 0.15) is 16.9 Å². The zero-order valence-electron chi connectivity index (χ0n) is 15.7. The number of nitriles is 1. The first-order valence-electron chi connectivity index (χ1n) is 9.11. The Morgan fingerprint density at radius 1 is 1.29 bits per heavy atom. The van der Waals surface area contributed by atoms with Crippen LogP contribution in [0.3, 0.4) is 0 Å². The lowest BCUT2D eigenvalue weighted by Crippen LogP contribution is -2.40. The fourth-order valence-electron chi connectivity index (χ4n) is 3.77. The molecule has 0 fully saturated rings. The minimum Gasteiger partial charge on any atom is -0.465 e. The van der Waals surface area contributed by atoms with Crippen LogP contribution in [0.25, 0.3) is 0 Å². The van der Waals surface area contributed by atoms with Crippen molar-refractivity contribution in [3.8, 4) is 6.07 Å². The fourth-order valence-corrected chi connectivity index (χ4v) is 5.05. The van der Waals surface area contributed by atoms with Gasteiger partial charge in [0.05, 0.1) is 18.4 Å². The molecule has 1 aliphatic heterocycles. The maximum absolute atomic E-state index is 13.6. The zero-order valence-corrected chi connectivity index (χ0v) is 16.5. The van der Waals surface area contributed by atoms with Gasteiger partial charge in [-0.15, -0.1) is 11.3 Å². The van der Waals surface area contributed by atoms with E-state index < -0.39 is 5.97 Å². The lowest BCUT2D eigenvalue weighted by molar-refractivity contribution is -0.135. The SMILES string of the molecule is COC(=O)/C(C#N)=C1\Nc2sc3c(c2C(=O)N1c1ccccc1C)CCCC3. The van der Waals surface area contributed by atoms with Crippen molar-refractivity contribution in [2.75, 3.05) is 17.3 Å². The molecule has 2 aromatic rings. The molecular weight excluding hydrogens is 374 g/mol. The summed E-state index contributed by atoms with van der Waals surface area (Å²) in [6.07, 6.45) is 3.99. The lowest BCUT2D eigenvalue weighted by Gasteiger charge is -2.32. The molecule has 1 amide bonds. The van der Waals surface area contributed by atoms with Gasteiger partial charge in [-0.05, 0) is 49.8 Å². The maximum atomic E-state index is 13.6. The maximum Gasteiger partial charge on any atom is 0.352 e. The molecule has 7 heteroatoms. The Labute approximate surface area is 167 Å². The molecule has 28 heavy (non-hydrogen) atoms. The van der Waals surface area contributed by atoms with E-state index in [1.165, 1.54) is 28.2 Å². The number of nitrogens with one attached hydrogen (secondary N) is 1. The standard InChI is InChI=1S/C21H19N3O3S/c1-12-7-3-5-9-15(12)24-18(14(11-22)21(26)27-2)23-19-17(20(24)25)13-8-4-6-10-16(13)28-19/h3,5,7,9,23H,4,6,8,10H2,1-2H3/b18-14+. The number of carbonyl (C=O) groups excluding carboxylic acids is 2. The Morgan fingerprint density at radius 3 is 2.75 bits per heavy atom. The van der Waals surface area contributed by atoms with Gasteiger partial charge >= 0.3 is 5.97 Å². The highest BCUT2D eigenvalue weighted by atomic mass is 32.1. The molecule has 142 valence electrons. The van der Waals surface area contributed by atoms with Crippen LogP contribution in [-0.2, 0) is 22.4 Å². The summed E-state index contributed by atoms with van der Waals surface area (Å²) in [5, 5.41) is 13.5. The first-order valence-corrected chi connectivity index (χ1v) is 9.92. The van der Waals surface area contributed by atoms with Crippen LogP contribution in [0, 0.1) is 18.3 Å². The third-order valence-corrected chi connectivity index (χ3v) is 6.35. The molecule has 1 aromatic heterocycles. The second kappa shape index (κ2) is 7.13. The number of hydrogen-bond donors (Lipinski definition) is 1. The van der Waals surface area contributed by atoms with E-state index in [1.54, 1.807) is 0 Å². The van der Waals surface area contributed by atoms with Crippen molar-refractivity contribution in [3.05, 3.63) is 57.2 Å². The van der Waals surface area contributed by atoms with Crippen molar-refractivity contribution >= 4 is 33.9 Å². The highest BCUT2D eigenvalue weighted by Crippen LogP contribution is 2.44. The van der Waals surface area contributed by atoms with E-state index in [-0.39, 0.29) is 17.3 Å². The zero-order chi connectivity index (χ0) is 19.8. The third kappa shape index (κ3) is 2.77. The topological polar surface area (TPSA) is 82.4 Å². The molecular formula is C21H19N3O3S. The molecule has 0 saturated carbocycles. The van der Waals surface area contributed by atoms with Crippen LogP contribution >= 0.6 is 11.3 Å². The highest BCUT2D eigenvalue weighted by Gasteiger charge is 2.38. The number of amides is 1. The Bertz CT molecular complexity index is 1060.